The van der Waals surface area contributed by atoms with Gasteiger partial charge in [0.05, 0.1) is 11.3 Å². The Bertz CT molecular complexity index is 1230. The van der Waals surface area contributed by atoms with E-state index >= 15 is 0 Å². The van der Waals surface area contributed by atoms with Gasteiger partial charge in [-0.2, -0.15) is 0 Å². The summed E-state index contributed by atoms with van der Waals surface area (Å²) in [6.07, 6.45) is 3.12. The van der Waals surface area contributed by atoms with E-state index in [2.05, 4.69) is 64.1 Å². The summed E-state index contributed by atoms with van der Waals surface area (Å²) in [7, 11) is 0. The zero-order valence-electron chi connectivity index (χ0n) is 16.4. The molecular weight excluding hydrogens is 392 g/mol. The molecule has 0 saturated carbocycles. The summed E-state index contributed by atoms with van der Waals surface area (Å²) in [6.45, 7) is 0.655. The third kappa shape index (κ3) is 3.92. The summed E-state index contributed by atoms with van der Waals surface area (Å²) in [5.41, 5.74) is 10.6. The van der Waals surface area contributed by atoms with E-state index in [1.807, 2.05) is 18.3 Å². The van der Waals surface area contributed by atoms with Crippen molar-refractivity contribution in [2.45, 2.75) is 18.9 Å². The van der Waals surface area contributed by atoms with Gasteiger partial charge >= 0.3 is 0 Å². The highest BCUT2D eigenvalue weighted by Gasteiger charge is 2.18. The molecule has 0 spiro atoms. The van der Waals surface area contributed by atoms with Crippen LogP contribution in [0.15, 0.2) is 66.9 Å². The predicted octanol–water partition coefficient (Wildman–Crippen LogP) is 4.44. The number of amides is 1. The molecule has 4 aromatic rings. The van der Waals surface area contributed by atoms with Gasteiger partial charge in [-0.3, -0.25) is 4.79 Å². The topological polar surface area (TPSA) is 80.0 Å². The van der Waals surface area contributed by atoms with Gasteiger partial charge in [0.15, 0.2) is 5.13 Å². The van der Waals surface area contributed by atoms with Crippen molar-refractivity contribution in [2.75, 3.05) is 17.2 Å². The molecule has 0 unspecified atom stereocenters. The van der Waals surface area contributed by atoms with Gasteiger partial charge in [0.25, 0.3) is 0 Å². The summed E-state index contributed by atoms with van der Waals surface area (Å²) < 4.78 is 0. The van der Waals surface area contributed by atoms with Gasteiger partial charge in [-0.05, 0) is 46.0 Å². The minimum atomic E-state index is -0.00408. The summed E-state index contributed by atoms with van der Waals surface area (Å²) in [5.74, 6) is 0.0502. The number of nitrogens with two attached hydrogens (primary N) is 1. The number of nitrogens with one attached hydrogen (secondary N) is 2. The van der Waals surface area contributed by atoms with Crippen molar-refractivity contribution < 1.29 is 4.79 Å². The maximum atomic E-state index is 11.6. The highest BCUT2D eigenvalue weighted by molar-refractivity contribution is 7.18. The Morgan fingerprint density at radius 3 is 2.87 bits per heavy atom. The van der Waals surface area contributed by atoms with Gasteiger partial charge in [0.1, 0.15) is 0 Å². The Morgan fingerprint density at radius 2 is 1.97 bits per heavy atom. The van der Waals surface area contributed by atoms with Crippen LogP contribution in [0.1, 0.15) is 11.1 Å². The van der Waals surface area contributed by atoms with Crippen LogP contribution in [-0.4, -0.2) is 23.5 Å². The van der Waals surface area contributed by atoms with Crippen molar-refractivity contribution in [1.29, 1.82) is 0 Å². The Hall–Kier alpha value is -3.22. The van der Waals surface area contributed by atoms with Crippen LogP contribution in [-0.2, 0) is 17.6 Å². The summed E-state index contributed by atoms with van der Waals surface area (Å²) in [5, 5.41) is 9.58. The first kappa shape index (κ1) is 18.8. The first-order valence-corrected chi connectivity index (χ1v) is 10.8. The predicted molar refractivity (Wildman–Crippen MR) is 124 cm³/mol. The first-order valence-electron chi connectivity index (χ1n) is 10.0. The molecule has 0 fully saturated rings. The highest BCUT2D eigenvalue weighted by atomic mass is 32.1. The lowest BCUT2D eigenvalue weighted by molar-refractivity contribution is -0.115. The summed E-state index contributed by atoms with van der Waals surface area (Å²) >= 11 is 1.60. The second-order valence-electron chi connectivity index (χ2n) is 7.65. The second-order valence-corrected chi connectivity index (χ2v) is 8.68. The molecule has 4 N–H and O–H groups in total. The van der Waals surface area contributed by atoms with Crippen LogP contribution in [0.25, 0.3) is 21.2 Å². The van der Waals surface area contributed by atoms with E-state index in [0.717, 1.165) is 33.2 Å². The maximum absolute atomic E-state index is 11.6. The molecule has 1 amide bonds. The SMILES string of the molecule is N[C@@H](CNc1ncc(-c2ccc3c(c2)CC(=O)N3)s1)Cc1ccc2ccccc2c1. The minimum absolute atomic E-state index is 0.00408. The highest BCUT2D eigenvalue weighted by Crippen LogP contribution is 2.33. The van der Waals surface area contributed by atoms with Crippen LogP contribution in [0.4, 0.5) is 10.8 Å². The molecule has 3 aromatic carbocycles. The number of hydrogen-bond donors (Lipinski definition) is 3. The van der Waals surface area contributed by atoms with E-state index in [1.54, 1.807) is 11.3 Å². The van der Waals surface area contributed by atoms with E-state index < -0.39 is 0 Å². The Labute approximate surface area is 179 Å². The number of fused-ring (bicyclic) bond motifs is 2. The quantitative estimate of drug-likeness (QED) is 0.436. The molecule has 1 atom stereocenters. The molecule has 5 rings (SSSR count). The lowest BCUT2D eigenvalue weighted by atomic mass is 10.0. The van der Waals surface area contributed by atoms with Crippen LogP contribution < -0.4 is 16.4 Å². The largest absolute Gasteiger partial charge is 0.360 e. The third-order valence-electron chi connectivity index (χ3n) is 5.35. The fourth-order valence-electron chi connectivity index (χ4n) is 3.83. The minimum Gasteiger partial charge on any atom is -0.360 e. The van der Waals surface area contributed by atoms with Gasteiger partial charge in [-0.15, -0.1) is 0 Å². The second kappa shape index (κ2) is 7.89. The number of anilines is 2. The molecule has 6 heteroatoms. The monoisotopic (exact) mass is 414 g/mol. The molecule has 0 aliphatic carbocycles. The normalized spacial score (nSPS) is 13.8. The zero-order valence-corrected chi connectivity index (χ0v) is 17.2. The molecule has 30 heavy (non-hydrogen) atoms. The molecule has 1 aromatic heterocycles. The molecule has 150 valence electrons. The maximum Gasteiger partial charge on any atom is 0.228 e. The van der Waals surface area contributed by atoms with E-state index in [9.17, 15) is 4.79 Å². The molecule has 2 heterocycles. The number of nitrogens with zero attached hydrogens (tertiary/aromatic N) is 1. The Kier molecular flexibility index (Phi) is 4.94. The fraction of sp³-hybridized carbons (Fsp3) is 0.167. The molecule has 0 bridgehead atoms. The van der Waals surface area contributed by atoms with E-state index in [4.69, 9.17) is 5.73 Å². The summed E-state index contributed by atoms with van der Waals surface area (Å²) in [4.78, 5) is 17.1. The van der Waals surface area contributed by atoms with E-state index in [-0.39, 0.29) is 11.9 Å². The number of thiazole rings is 1. The van der Waals surface area contributed by atoms with Crippen molar-refractivity contribution in [2.24, 2.45) is 5.73 Å². The average Bonchev–Trinajstić information content (AvgIpc) is 3.37. The number of rotatable bonds is 6. The molecule has 0 saturated heterocycles. The lowest BCUT2D eigenvalue weighted by Crippen LogP contribution is -2.31. The number of carbonyl (C=O) groups is 1. The van der Waals surface area contributed by atoms with Crippen molar-refractivity contribution in [3.05, 3.63) is 78.0 Å². The molecule has 1 aliphatic heterocycles. The van der Waals surface area contributed by atoms with Crippen LogP contribution in [0.2, 0.25) is 0 Å². The average molecular weight is 415 g/mol. The van der Waals surface area contributed by atoms with Crippen LogP contribution >= 0.6 is 11.3 Å². The fourth-order valence-corrected chi connectivity index (χ4v) is 4.65. The van der Waals surface area contributed by atoms with Gasteiger partial charge in [0, 0.05) is 24.5 Å². The van der Waals surface area contributed by atoms with Gasteiger partial charge in [0.2, 0.25) is 5.91 Å². The van der Waals surface area contributed by atoms with E-state index in [0.29, 0.717) is 13.0 Å². The first-order chi connectivity index (χ1) is 14.6. The van der Waals surface area contributed by atoms with Crippen molar-refractivity contribution in [1.82, 2.24) is 4.98 Å². The number of hydrogen-bond acceptors (Lipinski definition) is 5. The van der Waals surface area contributed by atoms with Crippen LogP contribution in [0.3, 0.4) is 0 Å². The smallest absolute Gasteiger partial charge is 0.228 e. The molecule has 0 radical (unpaired) electrons. The molecular formula is C24H22N4OS. The van der Waals surface area contributed by atoms with Crippen LogP contribution in [0, 0.1) is 0 Å². The Morgan fingerprint density at radius 1 is 1.10 bits per heavy atom. The molecule has 1 aliphatic rings. The number of benzene rings is 3. The van der Waals surface area contributed by atoms with Crippen molar-refractivity contribution >= 4 is 38.8 Å². The third-order valence-corrected chi connectivity index (χ3v) is 6.35. The van der Waals surface area contributed by atoms with Gasteiger partial charge in [-0.25, -0.2) is 4.98 Å². The summed E-state index contributed by atoms with van der Waals surface area (Å²) in [6, 6.07) is 20.9. The lowest BCUT2D eigenvalue weighted by Gasteiger charge is -2.13. The molecule has 5 nitrogen and oxygen atoms in total. The zero-order chi connectivity index (χ0) is 20.5. The van der Waals surface area contributed by atoms with Crippen molar-refractivity contribution in [3.63, 3.8) is 0 Å². The van der Waals surface area contributed by atoms with E-state index in [1.165, 1.54) is 16.3 Å². The standard InChI is InChI=1S/C24H22N4OS/c25-20(10-15-5-6-16-3-1-2-4-17(16)9-15)13-26-24-27-14-22(30-24)18-7-8-21-19(11-18)12-23(29)28-21/h1-9,11,14,20H,10,12-13,25H2,(H,26,27)(H,28,29)/t20-/m1/s1. The number of carbonyl (C=O) groups excluding carboxylic acids is 1. The number of aromatic nitrogens is 1. The van der Waals surface area contributed by atoms with Crippen LogP contribution in [0.5, 0.6) is 0 Å². The van der Waals surface area contributed by atoms with Gasteiger partial charge in [-0.1, -0.05) is 59.9 Å². The van der Waals surface area contributed by atoms with Crippen molar-refractivity contribution in [3.8, 4) is 10.4 Å². The van der Waals surface area contributed by atoms with Gasteiger partial charge < -0.3 is 16.4 Å². The Balaban J connectivity index is 1.21.